The highest BCUT2D eigenvalue weighted by Crippen LogP contribution is 2.35. The summed E-state index contributed by atoms with van der Waals surface area (Å²) in [7, 11) is -4.24. The highest BCUT2D eigenvalue weighted by Gasteiger charge is 2.26. The first-order valence-electron chi connectivity index (χ1n) is 3.82. The second kappa shape index (κ2) is 5.55. The molecule has 0 radical (unpaired) electrons. The molecule has 0 fully saturated rings. The zero-order valence-electron chi connectivity index (χ0n) is 7.22. The lowest BCUT2D eigenvalue weighted by molar-refractivity contribution is -0.126. The average molecular weight is 228 g/mol. The molecule has 0 saturated carbocycles. The van der Waals surface area contributed by atoms with Gasteiger partial charge in [-0.3, -0.25) is 4.57 Å². The largest absolute Gasteiger partial charge is 0.390 e. The van der Waals surface area contributed by atoms with Gasteiger partial charge in [-0.05, 0) is 6.42 Å². The zero-order chi connectivity index (χ0) is 11.4. The molecule has 0 aliphatic carbocycles. The summed E-state index contributed by atoms with van der Waals surface area (Å²) in [5, 5.41) is 26.8. The summed E-state index contributed by atoms with van der Waals surface area (Å²) < 4.78 is 10.4. The maximum atomic E-state index is 10.4. The van der Waals surface area contributed by atoms with Crippen molar-refractivity contribution in [3.8, 4) is 0 Å². The van der Waals surface area contributed by atoms with Gasteiger partial charge >= 0.3 is 7.60 Å². The van der Waals surface area contributed by atoms with Crippen LogP contribution in [0.5, 0.6) is 0 Å². The van der Waals surface area contributed by atoms with E-state index in [1.54, 1.807) is 0 Å². The summed E-state index contributed by atoms with van der Waals surface area (Å²) in [5.41, 5.74) is 0. The smallest absolute Gasteiger partial charge is 0.325 e. The van der Waals surface area contributed by atoms with Crippen LogP contribution in [0.1, 0.15) is 6.42 Å². The molecule has 0 aromatic carbocycles. The number of carbonyl (C=O) groups is 1. The van der Waals surface area contributed by atoms with Crippen LogP contribution in [0.15, 0.2) is 0 Å². The van der Waals surface area contributed by atoms with Crippen molar-refractivity contribution in [2.24, 2.45) is 0 Å². The lowest BCUT2D eigenvalue weighted by Crippen LogP contribution is -2.38. The van der Waals surface area contributed by atoms with Gasteiger partial charge < -0.3 is 29.9 Å². The van der Waals surface area contributed by atoms with Gasteiger partial charge in [0.1, 0.15) is 12.2 Å². The van der Waals surface area contributed by atoms with Crippen LogP contribution in [0.25, 0.3) is 0 Å². The number of aliphatic hydroxyl groups is 3. The third-order valence-electron chi connectivity index (χ3n) is 1.60. The molecule has 0 aliphatic rings. The van der Waals surface area contributed by atoms with Gasteiger partial charge in [-0.2, -0.15) is 0 Å². The quantitative estimate of drug-likeness (QED) is 0.258. The maximum absolute atomic E-state index is 10.4. The number of hydrogen-bond donors (Lipinski definition) is 5. The van der Waals surface area contributed by atoms with E-state index < -0.39 is 38.5 Å². The Morgan fingerprint density at radius 2 is 1.71 bits per heavy atom. The summed E-state index contributed by atoms with van der Waals surface area (Å²) in [6.07, 6.45) is -5.98. The molecule has 0 amide bonds. The van der Waals surface area contributed by atoms with Crippen LogP contribution in [0.2, 0.25) is 0 Å². The summed E-state index contributed by atoms with van der Waals surface area (Å²) in [4.78, 5) is 26.8. The van der Waals surface area contributed by atoms with Crippen LogP contribution in [-0.2, 0) is 9.36 Å². The van der Waals surface area contributed by atoms with E-state index in [1.165, 1.54) is 0 Å². The molecule has 7 nitrogen and oxygen atoms in total. The van der Waals surface area contributed by atoms with E-state index in [9.17, 15) is 9.36 Å². The van der Waals surface area contributed by atoms with Crippen LogP contribution in [0.3, 0.4) is 0 Å². The van der Waals surface area contributed by atoms with E-state index in [4.69, 9.17) is 25.1 Å². The van der Waals surface area contributed by atoms with Crippen LogP contribution in [0, 0.1) is 0 Å². The van der Waals surface area contributed by atoms with Crippen molar-refractivity contribution >= 4 is 13.9 Å². The van der Waals surface area contributed by atoms with Gasteiger partial charge in [0.25, 0.3) is 0 Å². The van der Waals surface area contributed by atoms with Gasteiger partial charge in [0.2, 0.25) is 0 Å². The Kier molecular flexibility index (Phi) is 5.43. The molecule has 84 valence electrons. The molecule has 0 saturated heterocycles. The summed E-state index contributed by atoms with van der Waals surface area (Å²) in [6.45, 7) is 0. The number of aliphatic hydroxyl groups excluding tert-OH is 3. The molecule has 0 spiro atoms. The summed E-state index contributed by atoms with van der Waals surface area (Å²) >= 11 is 0. The lowest BCUT2D eigenvalue weighted by atomic mass is 10.1. The molecule has 0 unspecified atom stereocenters. The fourth-order valence-electron chi connectivity index (χ4n) is 0.779. The molecule has 0 bridgehead atoms. The Morgan fingerprint density at radius 3 is 2.07 bits per heavy atom. The molecular formula is C6H13O7P. The topological polar surface area (TPSA) is 135 Å². The molecule has 0 heterocycles. The Balaban J connectivity index is 4.02. The minimum absolute atomic E-state index is 0.0331. The lowest BCUT2D eigenvalue weighted by Gasteiger charge is -2.19. The Hall–Kier alpha value is -0.300. The van der Waals surface area contributed by atoms with Gasteiger partial charge in [0.15, 0.2) is 6.29 Å². The predicted octanol–water partition coefficient (Wildman–Crippen LogP) is -2.16. The molecule has 8 heteroatoms. The van der Waals surface area contributed by atoms with Crippen molar-refractivity contribution in [1.82, 2.24) is 0 Å². The first-order valence-corrected chi connectivity index (χ1v) is 5.61. The highest BCUT2D eigenvalue weighted by atomic mass is 31.2. The van der Waals surface area contributed by atoms with Crippen molar-refractivity contribution < 1.29 is 34.5 Å². The number of carbonyl (C=O) groups excluding carboxylic acids is 1. The van der Waals surface area contributed by atoms with E-state index in [1.807, 2.05) is 0 Å². The van der Waals surface area contributed by atoms with E-state index in [0.717, 1.165) is 0 Å². The Labute approximate surface area is 80.2 Å². The minimum atomic E-state index is -4.24. The first kappa shape index (κ1) is 13.7. The third kappa shape index (κ3) is 5.43. The van der Waals surface area contributed by atoms with E-state index in [2.05, 4.69) is 0 Å². The first-order chi connectivity index (χ1) is 6.28. The molecule has 0 aromatic heterocycles. The minimum Gasteiger partial charge on any atom is -0.390 e. The van der Waals surface area contributed by atoms with Crippen molar-refractivity contribution in [1.29, 1.82) is 0 Å². The van der Waals surface area contributed by atoms with Crippen molar-refractivity contribution in [3.63, 3.8) is 0 Å². The van der Waals surface area contributed by atoms with Gasteiger partial charge in [0, 0.05) is 0 Å². The van der Waals surface area contributed by atoms with E-state index in [-0.39, 0.29) is 6.29 Å². The van der Waals surface area contributed by atoms with Crippen molar-refractivity contribution in [3.05, 3.63) is 0 Å². The number of aldehydes is 1. The van der Waals surface area contributed by atoms with Gasteiger partial charge in [-0.25, -0.2) is 0 Å². The summed E-state index contributed by atoms with van der Waals surface area (Å²) in [6, 6.07) is 0. The molecule has 3 atom stereocenters. The molecule has 5 N–H and O–H groups in total. The number of hydrogen-bond acceptors (Lipinski definition) is 5. The van der Waals surface area contributed by atoms with Gasteiger partial charge in [-0.15, -0.1) is 0 Å². The third-order valence-corrected chi connectivity index (χ3v) is 2.44. The van der Waals surface area contributed by atoms with Crippen LogP contribution < -0.4 is 0 Å². The highest BCUT2D eigenvalue weighted by molar-refractivity contribution is 7.51. The van der Waals surface area contributed by atoms with Crippen molar-refractivity contribution in [2.45, 2.75) is 24.7 Å². The van der Waals surface area contributed by atoms with Crippen molar-refractivity contribution in [2.75, 3.05) is 6.16 Å². The molecular weight excluding hydrogens is 215 g/mol. The zero-order valence-corrected chi connectivity index (χ0v) is 8.12. The average Bonchev–Trinajstić information content (AvgIpc) is 2.10. The fourth-order valence-corrected chi connectivity index (χ4v) is 1.38. The van der Waals surface area contributed by atoms with Crippen LogP contribution in [-0.4, -0.2) is 55.9 Å². The van der Waals surface area contributed by atoms with Crippen LogP contribution in [0.4, 0.5) is 0 Å². The number of rotatable bonds is 6. The Bertz CT molecular complexity index is 224. The predicted molar refractivity (Wildman–Crippen MR) is 45.6 cm³/mol. The van der Waals surface area contributed by atoms with Crippen LogP contribution >= 0.6 is 7.60 Å². The van der Waals surface area contributed by atoms with E-state index >= 15 is 0 Å². The molecule has 0 aromatic rings. The van der Waals surface area contributed by atoms with Gasteiger partial charge in [-0.1, -0.05) is 0 Å². The Morgan fingerprint density at radius 1 is 1.21 bits per heavy atom. The standard InChI is InChI=1S/C6H13O7P/c7-3-5(9)6(10)4(8)1-2-14(11,12)13/h3-6,8-10H,1-2H2,(H2,11,12,13)/t4-,5-,6-/m1/s1. The van der Waals surface area contributed by atoms with E-state index in [0.29, 0.717) is 0 Å². The normalized spacial score (nSPS) is 18.6. The fraction of sp³-hybridized carbons (Fsp3) is 0.833. The molecule has 0 rings (SSSR count). The maximum Gasteiger partial charge on any atom is 0.325 e. The summed E-state index contributed by atoms with van der Waals surface area (Å²) in [5.74, 6) is 0. The molecule has 14 heavy (non-hydrogen) atoms. The second-order valence-electron chi connectivity index (χ2n) is 2.86. The SMILES string of the molecule is O=C[C@@H](O)[C@H](O)[C@H](O)CCP(=O)(O)O. The molecule has 0 aliphatic heterocycles. The second-order valence-corrected chi connectivity index (χ2v) is 4.64. The monoisotopic (exact) mass is 228 g/mol. The van der Waals surface area contributed by atoms with Gasteiger partial charge in [0.05, 0.1) is 12.3 Å².